The normalized spacial score (nSPS) is 10.0. The van der Waals surface area contributed by atoms with Crippen LogP contribution in [0.4, 0.5) is 0 Å². The van der Waals surface area contributed by atoms with Gasteiger partial charge in [-0.2, -0.15) is 0 Å². The highest BCUT2D eigenvalue weighted by Gasteiger charge is 1.93. The van der Waals surface area contributed by atoms with Gasteiger partial charge in [-0.15, -0.1) is 11.3 Å². The van der Waals surface area contributed by atoms with Crippen molar-refractivity contribution >= 4 is 11.3 Å². The first-order valence-corrected chi connectivity index (χ1v) is 3.83. The predicted octanol–water partition coefficient (Wildman–Crippen LogP) is 1.36. The van der Waals surface area contributed by atoms with Crippen LogP contribution in [0.1, 0.15) is 12.6 Å². The number of hydrogen-bond acceptors (Lipinski definition) is 2. The van der Waals surface area contributed by atoms with Crippen LogP contribution in [-0.2, 0) is 6.54 Å². The van der Waals surface area contributed by atoms with Gasteiger partial charge in [-0.25, -0.2) is 0 Å². The fourth-order valence-corrected chi connectivity index (χ4v) is 1.63. The first-order chi connectivity index (χ1) is 4.25. The van der Waals surface area contributed by atoms with E-state index in [0.29, 0.717) is 4.80 Å². The Morgan fingerprint density at radius 1 is 1.78 bits per heavy atom. The van der Waals surface area contributed by atoms with Gasteiger partial charge in [-0.05, 0) is 13.8 Å². The molecular formula is C6H10N2S. The van der Waals surface area contributed by atoms with E-state index in [1.54, 1.807) is 0 Å². The molecule has 0 aliphatic rings. The van der Waals surface area contributed by atoms with Gasteiger partial charge in [0.05, 0.1) is 0 Å². The summed E-state index contributed by atoms with van der Waals surface area (Å²) < 4.78 is 1.98. The molecule has 1 aromatic rings. The van der Waals surface area contributed by atoms with E-state index in [1.165, 1.54) is 17.0 Å². The van der Waals surface area contributed by atoms with Crippen molar-refractivity contribution in [3.8, 4) is 0 Å². The number of aryl methyl sites for hydroxylation is 1. The molecule has 0 spiro atoms. The van der Waals surface area contributed by atoms with E-state index in [-0.39, 0.29) is 0 Å². The van der Waals surface area contributed by atoms with Gasteiger partial charge >= 0.3 is 0 Å². The molecule has 9 heavy (non-hydrogen) atoms. The van der Waals surface area contributed by atoms with Crippen LogP contribution in [-0.4, -0.2) is 4.57 Å². The van der Waals surface area contributed by atoms with Crippen LogP contribution in [0.25, 0.3) is 0 Å². The van der Waals surface area contributed by atoms with Gasteiger partial charge in [0.15, 0.2) is 4.80 Å². The fraction of sp³-hybridized carbons (Fsp3) is 0.500. The molecule has 0 saturated carbocycles. The van der Waals surface area contributed by atoms with E-state index in [4.69, 9.17) is 5.41 Å². The molecule has 0 aliphatic carbocycles. The number of aromatic nitrogens is 1. The van der Waals surface area contributed by atoms with Crippen molar-refractivity contribution in [2.75, 3.05) is 0 Å². The fourth-order valence-electron chi connectivity index (χ4n) is 0.822. The lowest BCUT2D eigenvalue weighted by Crippen LogP contribution is -2.12. The third-order valence-corrected chi connectivity index (χ3v) is 2.23. The third kappa shape index (κ3) is 1.05. The number of nitrogens with one attached hydrogen (secondary N) is 1. The molecule has 0 atom stereocenters. The molecule has 2 nitrogen and oxygen atoms in total. The van der Waals surface area contributed by atoms with Crippen LogP contribution in [0.5, 0.6) is 0 Å². The molecule has 0 bridgehead atoms. The van der Waals surface area contributed by atoms with Crippen LogP contribution in [0.2, 0.25) is 0 Å². The van der Waals surface area contributed by atoms with Crippen LogP contribution in [0.15, 0.2) is 5.38 Å². The van der Waals surface area contributed by atoms with Gasteiger partial charge < -0.3 is 4.57 Å². The molecule has 0 amide bonds. The summed E-state index contributed by atoms with van der Waals surface area (Å²) in [5.41, 5.74) is 1.19. The van der Waals surface area contributed by atoms with Gasteiger partial charge in [0.2, 0.25) is 0 Å². The Morgan fingerprint density at radius 3 is 2.67 bits per heavy atom. The summed E-state index contributed by atoms with van der Waals surface area (Å²) >= 11 is 1.49. The highest BCUT2D eigenvalue weighted by atomic mass is 32.1. The minimum absolute atomic E-state index is 0.648. The Labute approximate surface area is 58.3 Å². The summed E-state index contributed by atoms with van der Waals surface area (Å²) in [5, 5.41) is 9.38. The topological polar surface area (TPSA) is 28.8 Å². The first kappa shape index (κ1) is 6.55. The Morgan fingerprint density at radius 2 is 2.44 bits per heavy atom. The van der Waals surface area contributed by atoms with E-state index in [0.717, 1.165) is 6.54 Å². The third-order valence-electron chi connectivity index (χ3n) is 1.33. The maximum absolute atomic E-state index is 7.37. The smallest absolute Gasteiger partial charge is 0.182 e. The number of hydrogen-bond donors (Lipinski definition) is 1. The van der Waals surface area contributed by atoms with Gasteiger partial charge in [0.25, 0.3) is 0 Å². The summed E-state index contributed by atoms with van der Waals surface area (Å²) in [6.07, 6.45) is 0. The minimum Gasteiger partial charge on any atom is -0.322 e. The second-order valence-electron chi connectivity index (χ2n) is 1.93. The van der Waals surface area contributed by atoms with Crippen molar-refractivity contribution in [1.82, 2.24) is 4.57 Å². The number of rotatable bonds is 1. The lowest BCUT2D eigenvalue weighted by Gasteiger charge is -1.96. The zero-order chi connectivity index (χ0) is 6.85. The van der Waals surface area contributed by atoms with Gasteiger partial charge in [0.1, 0.15) is 0 Å². The van der Waals surface area contributed by atoms with Crippen molar-refractivity contribution in [2.45, 2.75) is 20.4 Å². The zero-order valence-electron chi connectivity index (χ0n) is 5.64. The lowest BCUT2D eigenvalue weighted by atomic mass is 10.5. The summed E-state index contributed by atoms with van der Waals surface area (Å²) in [7, 11) is 0. The molecule has 50 valence electrons. The maximum atomic E-state index is 7.37. The van der Waals surface area contributed by atoms with E-state index in [2.05, 4.69) is 6.92 Å². The van der Waals surface area contributed by atoms with Crippen molar-refractivity contribution < 1.29 is 0 Å². The Balaban J connectivity index is 3.23. The largest absolute Gasteiger partial charge is 0.322 e. The Kier molecular flexibility index (Phi) is 1.71. The monoisotopic (exact) mass is 142 g/mol. The molecule has 0 fully saturated rings. The zero-order valence-corrected chi connectivity index (χ0v) is 6.46. The molecule has 0 unspecified atom stereocenters. The molecule has 0 saturated heterocycles. The van der Waals surface area contributed by atoms with Crippen LogP contribution >= 0.6 is 11.3 Å². The number of thiazole rings is 1. The van der Waals surface area contributed by atoms with Crippen LogP contribution in [0, 0.1) is 12.3 Å². The summed E-state index contributed by atoms with van der Waals surface area (Å²) in [4.78, 5) is 0.648. The quantitative estimate of drug-likeness (QED) is 0.613. The molecule has 0 radical (unpaired) electrons. The van der Waals surface area contributed by atoms with Crippen molar-refractivity contribution in [1.29, 1.82) is 5.41 Å². The molecule has 1 aromatic heterocycles. The second kappa shape index (κ2) is 2.35. The summed E-state index contributed by atoms with van der Waals surface area (Å²) in [6.45, 7) is 4.99. The highest BCUT2D eigenvalue weighted by molar-refractivity contribution is 7.07. The van der Waals surface area contributed by atoms with Gasteiger partial charge in [-0.1, -0.05) is 0 Å². The Hall–Kier alpha value is -0.570. The highest BCUT2D eigenvalue weighted by Crippen LogP contribution is 1.97. The molecule has 0 aliphatic heterocycles. The van der Waals surface area contributed by atoms with Crippen LogP contribution < -0.4 is 4.80 Å². The van der Waals surface area contributed by atoms with E-state index in [1.807, 2.05) is 16.9 Å². The van der Waals surface area contributed by atoms with Crippen molar-refractivity contribution in [2.24, 2.45) is 0 Å². The molecular weight excluding hydrogens is 132 g/mol. The van der Waals surface area contributed by atoms with Gasteiger partial charge in [0, 0.05) is 17.6 Å². The van der Waals surface area contributed by atoms with Crippen molar-refractivity contribution in [3.05, 3.63) is 15.9 Å². The SMILES string of the molecule is CCn1c(C)csc1=N. The van der Waals surface area contributed by atoms with Gasteiger partial charge in [-0.3, -0.25) is 5.41 Å². The molecule has 1 N–H and O–H groups in total. The minimum atomic E-state index is 0.648. The second-order valence-corrected chi connectivity index (χ2v) is 2.78. The number of nitrogens with zero attached hydrogens (tertiary/aromatic N) is 1. The average Bonchev–Trinajstić information content (AvgIpc) is 2.12. The Bertz CT molecular complexity index is 246. The van der Waals surface area contributed by atoms with E-state index < -0.39 is 0 Å². The summed E-state index contributed by atoms with van der Waals surface area (Å²) in [6, 6.07) is 0. The molecule has 1 rings (SSSR count). The standard InChI is InChI=1S/C6H10N2S/c1-3-8-5(2)4-9-6(8)7/h4,7H,3H2,1-2H3. The molecule has 1 heterocycles. The maximum Gasteiger partial charge on any atom is 0.182 e. The summed E-state index contributed by atoms with van der Waals surface area (Å²) in [5.74, 6) is 0. The predicted molar refractivity (Wildman–Crippen MR) is 38.6 cm³/mol. The molecule has 3 heteroatoms. The molecule has 0 aromatic carbocycles. The van der Waals surface area contributed by atoms with Crippen molar-refractivity contribution in [3.63, 3.8) is 0 Å². The average molecular weight is 142 g/mol. The first-order valence-electron chi connectivity index (χ1n) is 2.95. The lowest BCUT2D eigenvalue weighted by molar-refractivity contribution is 0.704. The van der Waals surface area contributed by atoms with Crippen LogP contribution in [0.3, 0.4) is 0 Å². The van der Waals surface area contributed by atoms with E-state index >= 15 is 0 Å². The van der Waals surface area contributed by atoms with E-state index in [9.17, 15) is 0 Å².